The van der Waals surface area contributed by atoms with E-state index in [-0.39, 0.29) is 19.3 Å². The number of nitrogens with zero attached hydrogens (tertiary/aromatic N) is 1. The van der Waals surface area contributed by atoms with E-state index in [0.29, 0.717) is 0 Å². The molecule has 0 aromatic heterocycles. The number of sulfonamides is 1. The number of carboxylic acids is 1. The van der Waals surface area contributed by atoms with Crippen LogP contribution in [0.1, 0.15) is 25.7 Å². The first-order valence-corrected chi connectivity index (χ1v) is 8.04. The molecular weight excluding hydrogens is 329 g/mol. The number of halogens is 3. The van der Waals surface area contributed by atoms with Gasteiger partial charge >= 0.3 is 12.1 Å². The minimum Gasteiger partial charge on any atom is -0.480 e. The standard InChI is InChI=1S/C11H17F3N2O5S/c12-11(13,14)10(19,7-1-2-7)4-6-22(20,21)16-5-3-8(15)9(17)18/h5,7-8,19H,1-4,6,15H2,(H,17,18)/t8-,10?/m0/s1. The molecule has 1 aliphatic rings. The number of carbonyl (C=O) groups is 1. The smallest absolute Gasteiger partial charge is 0.417 e. The Hall–Kier alpha value is -1.20. The Kier molecular flexibility index (Phi) is 5.57. The maximum absolute atomic E-state index is 12.9. The summed E-state index contributed by atoms with van der Waals surface area (Å²) in [5.41, 5.74) is 2.09. The van der Waals surface area contributed by atoms with Crippen molar-refractivity contribution in [2.45, 2.75) is 43.5 Å². The summed E-state index contributed by atoms with van der Waals surface area (Å²) in [4.78, 5) is 10.4. The fourth-order valence-corrected chi connectivity index (χ4v) is 2.83. The van der Waals surface area contributed by atoms with Crippen LogP contribution in [0, 0.1) is 5.92 Å². The molecule has 0 aromatic rings. The fourth-order valence-electron chi connectivity index (χ4n) is 1.85. The molecule has 1 fully saturated rings. The largest absolute Gasteiger partial charge is 0.480 e. The molecule has 1 unspecified atom stereocenters. The molecule has 1 aliphatic carbocycles. The third-order valence-electron chi connectivity index (χ3n) is 3.40. The van der Waals surface area contributed by atoms with Gasteiger partial charge in [0.15, 0.2) is 5.60 Å². The molecule has 0 aliphatic heterocycles. The van der Waals surface area contributed by atoms with Gasteiger partial charge in [0.05, 0.1) is 5.75 Å². The molecule has 0 aromatic carbocycles. The molecule has 22 heavy (non-hydrogen) atoms. The lowest BCUT2D eigenvalue weighted by molar-refractivity contribution is -0.269. The van der Waals surface area contributed by atoms with Crippen LogP contribution in [0.5, 0.6) is 0 Å². The van der Waals surface area contributed by atoms with Crippen LogP contribution in [-0.2, 0) is 14.8 Å². The van der Waals surface area contributed by atoms with Crippen LogP contribution in [0.4, 0.5) is 13.2 Å². The van der Waals surface area contributed by atoms with E-state index in [2.05, 4.69) is 4.40 Å². The molecule has 7 nitrogen and oxygen atoms in total. The van der Waals surface area contributed by atoms with Crippen molar-refractivity contribution in [3.8, 4) is 0 Å². The summed E-state index contributed by atoms with van der Waals surface area (Å²) in [5, 5.41) is 18.2. The van der Waals surface area contributed by atoms with Crippen molar-refractivity contribution >= 4 is 22.2 Å². The summed E-state index contributed by atoms with van der Waals surface area (Å²) in [6.07, 6.45) is -5.19. The average molecular weight is 346 g/mol. The van der Waals surface area contributed by atoms with Gasteiger partial charge in [-0.2, -0.15) is 17.6 Å². The number of aliphatic carboxylic acids is 1. The van der Waals surface area contributed by atoms with Crippen molar-refractivity contribution in [2.24, 2.45) is 16.0 Å². The summed E-state index contributed by atoms with van der Waals surface area (Å²) in [7, 11) is -4.24. The zero-order valence-electron chi connectivity index (χ0n) is 11.5. The minimum atomic E-state index is -4.92. The predicted molar refractivity (Wildman–Crippen MR) is 70.9 cm³/mol. The molecule has 4 N–H and O–H groups in total. The number of carboxylic acid groups (broad SMARTS) is 1. The normalized spacial score (nSPS) is 20.8. The van der Waals surface area contributed by atoms with Gasteiger partial charge in [0, 0.05) is 19.1 Å². The van der Waals surface area contributed by atoms with Gasteiger partial charge in [0.2, 0.25) is 0 Å². The van der Waals surface area contributed by atoms with Crippen molar-refractivity contribution in [1.82, 2.24) is 0 Å². The van der Waals surface area contributed by atoms with Crippen molar-refractivity contribution in [3.05, 3.63) is 0 Å². The molecule has 11 heteroatoms. The Labute approximate surface area is 125 Å². The van der Waals surface area contributed by atoms with E-state index in [9.17, 15) is 31.5 Å². The lowest BCUT2D eigenvalue weighted by atomic mass is 9.94. The van der Waals surface area contributed by atoms with Crippen LogP contribution in [0.25, 0.3) is 0 Å². The van der Waals surface area contributed by atoms with Crippen molar-refractivity contribution in [3.63, 3.8) is 0 Å². The minimum absolute atomic E-state index is 0.187. The maximum atomic E-state index is 12.9. The van der Waals surface area contributed by atoms with E-state index in [1.165, 1.54) is 0 Å². The predicted octanol–water partition coefficient (Wildman–Crippen LogP) is 0.282. The third kappa shape index (κ3) is 4.92. The molecule has 0 saturated heterocycles. The summed E-state index contributed by atoms with van der Waals surface area (Å²) in [6, 6.07) is -1.35. The second kappa shape index (κ2) is 6.50. The Morgan fingerprint density at radius 3 is 2.36 bits per heavy atom. The monoisotopic (exact) mass is 346 g/mol. The molecule has 1 rings (SSSR count). The molecule has 0 amide bonds. The quantitative estimate of drug-likeness (QED) is 0.541. The van der Waals surface area contributed by atoms with Crippen LogP contribution in [-0.4, -0.2) is 54.4 Å². The van der Waals surface area contributed by atoms with E-state index in [4.69, 9.17) is 10.8 Å². The van der Waals surface area contributed by atoms with Crippen molar-refractivity contribution in [2.75, 3.05) is 5.75 Å². The van der Waals surface area contributed by atoms with Gasteiger partial charge in [0.1, 0.15) is 6.04 Å². The fraction of sp³-hybridized carbons (Fsp3) is 0.818. The molecule has 0 radical (unpaired) electrons. The summed E-state index contributed by atoms with van der Waals surface area (Å²) >= 11 is 0. The Balaban J connectivity index is 2.65. The summed E-state index contributed by atoms with van der Waals surface area (Å²) < 4.78 is 64.7. The molecule has 1 saturated carbocycles. The number of nitrogens with two attached hydrogens (primary N) is 1. The highest BCUT2D eigenvalue weighted by Gasteiger charge is 2.61. The topological polar surface area (TPSA) is 130 Å². The highest BCUT2D eigenvalue weighted by atomic mass is 32.2. The summed E-state index contributed by atoms with van der Waals surface area (Å²) in [6.45, 7) is 0. The molecule has 0 spiro atoms. The second-order valence-electron chi connectivity index (χ2n) is 5.20. The van der Waals surface area contributed by atoms with Crippen molar-refractivity contribution in [1.29, 1.82) is 0 Å². The first-order chi connectivity index (χ1) is 9.89. The SMILES string of the molecule is N[C@@H](CC=NS(=O)(=O)CCC(O)(C1CC1)C(F)(F)F)C(=O)O. The molecule has 0 bridgehead atoms. The highest BCUT2D eigenvalue weighted by molar-refractivity contribution is 7.90. The first kappa shape index (κ1) is 18.8. The average Bonchev–Trinajstić information content (AvgIpc) is 3.18. The van der Waals surface area contributed by atoms with E-state index < -0.39 is 51.9 Å². The zero-order valence-corrected chi connectivity index (χ0v) is 12.3. The maximum Gasteiger partial charge on any atom is 0.417 e. The van der Waals surface area contributed by atoms with E-state index in [1.807, 2.05) is 0 Å². The lowest BCUT2D eigenvalue weighted by Crippen LogP contribution is -2.48. The van der Waals surface area contributed by atoms with Gasteiger partial charge in [-0.1, -0.05) is 0 Å². The van der Waals surface area contributed by atoms with Crippen LogP contribution in [0.2, 0.25) is 0 Å². The number of hydrogen-bond acceptors (Lipinski definition) is 5. The first-order valence-electron chi connectivity index (χ1n) is 6.43. The number of rotatable bonds is 8. The Bertz CT molecular complexity index is 544. The van der Waals surface area contributed by atoms with E-state index >= 15 is 0 Å². The molecular formula is C11H17F3N2O5S. The van der Waals surface area contributed by atoms with Gasteiger partial charge in [-0.3, -0.25) is 4.79 Å². The zero-order chi connectivity index (χ0) is 17.2. The van der Waals surface area contributed by atoms with Gasteiger partial charge < -0.3 is 15.9 Å². The Morgan fingerprint density at radius 1 is 1.41 bits per heavy atom. The van der Waals surface area contributed by atoms with Crippen molar-refractivity contribution < 1.29 is 36.6 Å². The highest BCUT2D eigenvalue weighted by Crippen LogP contribution is 2.50. The Morgan fingerprint density at radius 2 is 1.95 bits per heavy atom. The van der Waals surface area contributed by atoms with Crippen LogP contribution < -0.4 is 5.73 Å². The van der Waals surface area contributed by atoms with Gasteiger partial charge in [-0.15, -0.1) is 0 Å². The number of aliphatic hydroxyl groups is 1. The van der Waals surface area contributed by atoms with Crippen LogP contribution >= 0.6 is 0 Å². The lowest BCUT2D eigenvalue weighted by Gasteiger charge is -2.30. The van der Waals surface area contributed by atoms with E-state index in [0.717, 1.165) is 6.21 Å². The van der Waals surface area contributed by atoms with Gasteiger partial charge in [-0.05, 0) is 18.8 Å². The molecule has 128 valence electrons. The third-order valence-corrected chi connectivity index (χ3v) is 4.59. The number of hydrogen-bond donors (Lipinski definition) is 3. The van der Waals surface area contributed by atoms with Gasteiger partial charge in [-0.25, -0.2) is 8.42 Å². The van der Waals surface area contributed by atoms with Gasteiger partial charge in [0.25, 0.3) is 10.0 Å². The van der Waals surface area contributed by atoms with Crippen LogP contribution in [0.3, 0.4) is 0 Å². The second-order valence-corrected chi connectivity index (χ2v) is 6.98. The summed E-state index contributed by atoms with van der Waals surface area (Å²) in [5.74, 6) is -3.34. The number of alkyl halides is 3. The molecule has 2 atom stereocenters. The molecule has 0 heterocycles. The van der Waals surface area contributed by atoms with Crippen LogP contribution in [0.15, 0.2) is 4.40 Å². The van der Waals surface area contributed by atoms with E-state index in [1.54, 1.807) is 0 Å².